The normalized spacial score (nSPS) is 17.7. The average Bonchev–Trinajstić information content (AvgIpc) is 2.54. The molecule has 1 amide bonds. The summed E-state index contributed by atoms with van der Waals surface area (Å²) in [6.07, 6.45) is 2.52. The molecule has 1 aliphatic heterocycles. The van der Waals surface area contributed by atoms with E-state index in [4.69, 9.17) is 27.9 Å². The highest BCUT2D eigenvalue weighted by Gasteiger charge is 2.23. The van der Waals surface area contributed by atoms with Crippen LogP contribution in [-0.2, 0) is 4.79 Å². The van der Waals surface area contributed by atoms with E-state index in [0.29, 0.717) is 15.8 Å². The Kier molecular flexibility index (Phi) is 7.00. The molecule has 2 rings (SSSR count). The van der Waals surface area contributed by atoms with E-state index in [-0.39, 0.29) is 11.9 Å². The zero-order valence-corrected chi connectivity index (χ0v) is 15.2. The van der Waals surface area contributed by atoms with Gasteiger partial charge in [-0.15, -0.1) is 0 Å². The number of benzene rings is 1. The maximum atomic E-state index is 12.3. The van der Waals surface area contributed by atoms with Crippen LogP contribution < -0.4 is 10.1 Å². The van der Waals surface area contributed by atoms with E-state index in [9.17, 15) is 4.79 Å². The molecule has 0 spiro atoms. The van der Waals surface area contributed by atoms with Crippen molar-refractivity contribution in [2.24, 2.45) is 0 Å². The Bertz CT molecular complexity index is 531. The van der Waals surface area contributed by atoms with Crippen molar-refractivity contribution in [2.45, 2.75) is 45.3 Å². The van der Waals surface area contributed by atoms with Gasteiger partial charge in [0.05, 0.1) is 5.02 Å². The van der Waals surface area contributed by atoms with Gasteiger partial charge >= 0.3 is 0 Å². The third kappa shape index (κ3) is 5.27. The van der Waals surface area contributed by atoms with Crippen molar-refractivity contribution in [3.63, 3.8) is 0 Å². The molecule has 1 saturated heterocycles. The summed E-state index contributed by atoms with van der Waals surface area (Å²) in [5, 5.41) is 3.82. The number of nitrogens with zero attached hydrogens (tertiary/aromatic N) is 1. The van der Waals surface area contributed by atoms with Crippen LogP contribution in [0.2, 0.25) is 10.0 Å². The van der Waals surface area contributed by atoms with Gasteiger partial charge in [-0.25, -0.2) is 0 Å². The molecule has 1 aliphatic rings. The highest BCUT2D eigenvalue weighted by molar-refractivity contribution is 6.42. The van der Waals surface area contributed by atoms with Crippen molar-refractivity contribution in [1.82, 2.24) is 10.2 Å². The summed E-state index contributed by atoms with van der Waals surface area (Å²) in [6, 6.07) is 5.36. The van der Waals surface area contributed by atoms with Gasteiger partial charge in [-0.05, 0) is 44.9 Å². The first kappa shape index (κ1) is 18.4. The highest BCUT2D eigenvalue weighted by Crippen LogP contribution is 2.32. The van der Waals surface area contributed by atoms with Crippen LogP contribution in [0.5, 0.6) is 5.75 Å². The van der Waals surface area contributed by atoms with Crippen molar-refractivity contribution in [3.05, 3.63) is 28.2 Å². The average molecular weight is 359 g/mol. The van der Waals surface area contributed by atoms with Gasteiger partial charge in [-0.3, -0.25) is 4.79 Å². The lowest BCUT2D eigenvalue weighted by atomic mass is 10.0. The molecule has 1 unspecified atom stereocenters. The van der Waals surface area contributed by atoms with Crippen molar-refractivity contribution < 1.29 is 9.53 Å². The van der Waals surface area contributed by atoms with Crippen LogP contribution in [0.3, 0.4) is 0 Å². The molecule has 1 atom stereocenters. The quantitative estimate of drug-likeness (QED) is 0.841. The SMILES string of the molecule is CCCN1CCC(NC(=O)C(C)Oc2cccc(Cl)c2Cl)CC1. The van der Waals surface area contributed by atoms with Gasteiger partial charge in [0.1, 0.15) is 10.8 Å². The second kappa shape index (κ2) is 8.76. The van der Waals surface area contributed by atoms with E-state index in [2.05, 4.69) is 17.1 Å². The molecule has 4 nitrogen and oxygen atoms in total. The van der Waals surface area contributed by atoms with Gasteiger partial charge in [0, 0.05) is 19.1 Å². The van der Waals surface area contributed by atoms with Crippen LogP contribution >= 0.6 is 23.2 Å². The fourth-order valence-corrected chi connectivity index (χ4v) is 3.09. The van der Waals surface area contributed by atoms with Crippen LogP contribution in [0.25, 0.3) is 0 Å². The number of amides is 1. The summed E-state index contributed by atoms with van der Waals surface area (Å²) in [5.74, 6) is 0.314. The summed E-state index contributed by atoms with van der Waals surface area (Å²) in [4.78, 5) is 14.7. The van der Waals surface area contributed by atoms with E-state index in [1.807, 2.05) is 0 Å². The Morgan fingerprint density at radius 2 is 2.09 bits per heavy atom. The second-order valence-corrected chi connectivity index (χ2v) is 6.72. The minimum atomic E-state index is -0.611. The molecule has 0 aliphatic carbocycles. The van der Waals surface area contributed by atoms with Gasteiger partial charge in [0.15, 0.2) is 6.10 Å². The summed E-state index contributed by atoms with van der Waals surface area (Å²) in [6.45, 7) is 7.11. The number of halogens is 2. The number of rotatable bonds is 6. The molecule has 1 heterocycles. The topological polar surface area (TPSA) is 41.6 Å². The number of likely N-dealkylation sites (tertiary alicyclic amines) is 1. The lowest BCUT2D eigenvalue weighted by molar-refractivity contribution is -0.128. The Balaban J connectivity index is 1.83. The van der Waals surface area contributed by atoms with E-state index in [0.717, 1.165) is 32.5 Å². The Morgan fingerprint density at radius 3 is 2.74 bits per heavy atom. The third-order valence-electron chi connectivity index (χ3n) is 4.06. The van der Waals surface area contributed by atoms with Gasteiger partial charge < -0.3 is 15.0 Å². The molecule has 6 heteroatoms. The van der Waals surface area contributed by atoms with Gasteiger partial charge in [0.25, 0.3) is 5.91 Å². The monoisotopic (exact) mass is 358 g/mol. The summed E-state index contributed by atoms with van der Waals surface area (Å²) >= 11 is 12.0. The van der Waals surface area contributed by atoms with E-state index in [1.54, 1.807) is 25.1 Å². The number of carbonyl (C=O) groups is 1. The standard InChI is InChI=1S/C17H24Cl2N2O2/c1-3-9-21-10-7-13(8-11-21)20-17(22)12(2)23-15-6-4-5-14(18)16(15)19/h4-6,12-13H,3,7-11H2,1-2H3,(H,20,22). The van der Waals surface area contributed by atoms with Crippen molar-refractivity contribution in [3.8, 4) is 5.75 Å². The Labute approximate surface area is 148 Å². The lowest BCUT2D eigenvalue weighted by Gasteiger charge is -2.32. The molecule has 0 aromatic heterocycles. The summed E-state index contributed by atoms with van der Waals surface area (Å²) in [5.41, 5.74) is 0. The minimum absolute atomic E-state index is 0.116. The molecule has 1 aromatic rings. The van der Waals surface area contributed by atoms with E-state index >= 15 is 0 Å². The number of piperidine rings is 1. The van der Waals surface area contributed by atoms with E-state index < -0.39 is 6.10 Å². The molecule has 128 valence electrons. The minimum Gasteiger partial charge on any atom is -0.479 e. The third-order valence-corrected chi connectivity index (χ3v) is 4.86. The van der Waals surface area contributed by atoms with Crippen LogP contribution in [0, 0.1) is 0 Å². The zero-order valence-electron chi connectivity index (χ0n) is 13.6. The van der Waals surface area contributed by atoms with Crippen molar-refractivity contribution in [2.75, 3.05) is 19.6 Å². The highest BCUT2D eigenvalue weighted by atomic mass is 35.5. The molecule has 1 N–H and O–H groups in total. The molecular formula is C17H24Cl2N2O2. The summed E-state index contributed by atoms with van der Waals surface area (Å²) < 4.78 is 5.65. The summed E-state index contributed by atoms with van der Waals surface area (Å²) in [7, 11) is 0. The number of ether oxygens (including phenoxy) is 1. The van der Waals surface area contributed by atoms with Crippen LogP contribution in [-0.4, -0.2) is 42.6 Å². The van der Waals surface area contributed by atoms with Crippen LogP contribution in [0.1, 0.15) is 33.1 Å². The Hall–Kier alpha value is -0.970. The smallest absolute Gasteiger partial charge is 0.260 e. The molecular weight excluding hydrogens is 335 g/mol. The predicted molar refractivity (Wildman–Crippen MR) is 94.4 cm³/mol. The van der Waals surface area contributed by atoms with E-state index in [1.165, 1.54) is 6.42 Å². The first-order valence-corrected chi connectivity index (χ1v) is 8.90. The molecule has 1 fully saturated rings. The molecule has 0 radical (unpaired) electrons. The van der Waals surface area contributed by atoms with Gasteiger partial charge in [0.2, 0.25) is 0 Å². The first-order chi connectivity index (χ1) is 11.0. The van der Waals surface area contributed by atoms with Gasteiger partial charge in [-0.2, -0.15) is 0 Å². The number of hydrogen-bond donors (Lipinski definition) is 1. The Morgan fingerprint density at radius 1 is 1.39 bits per heavy atom. The molecule has 0 bridgehead atoms. The molecule has 0 saturated carbocycles. The predicted octanol–water partition coefficient (Wildman–Crippen LogP) is 3.75. The number of carbonyl (C=O) groups excluding carboxylic acids is 1. The van der Waals surface area contributed by atoms with Crippen LogP contribution in [0.15, 0.2) is 18.2 Å². The molecule has 1 aromatic carbocycles. The number of hydrogen-bond acceptors (Lipinski definition) is 3. The maximum Gasteiger partial charge on any atom is 0.260 e. The van der Waals surface area contributed by atoms with Crippen molar-refractivity contribution in [1.29, 1.82) is 0 Å². The van der Waals surface area contributed by atoms with Crippen LogP contribution in [0.4, 0.5) is 0 Å². The fourth-order valence-electron chi connectivity index (χ4n) is 2.75. The number of nitrogens with one attached hydrogen (secondary N) is 1. The zero-order chi connectivity index (χ0) is 16.8. The first-order valence-electron chi connectivity index (χ1n) is 8.14. The lowest BCUT2D eigenvalue weighted by Crippen LogP contribution is -2.48. The van der Waals surface area contributed by atoms with Crippen molar-refractivity contribution >= 4 is 29.1 Å². The van der Waals surface area contributed by atoms with Gasteiger partial charge in [-0.1, -0.05) is 36.2 Å². The fraction of sp³-hybridized carbons (Fsp3) is 0.588. The largest absolute Gasteiger partial charge is 0.479 e. The molecule has 23 heavy (non-hydrogen) atoms. The second-order valence-electron chi connectivity index (χ2n) is 5.94. The maximum absolute atomic E-state index is 12.3.